The maximum atomic E-state index is 12.7. The number of carbonyl (C=O) groups is 1. The van der Waals surface area contributed by atoms with Gasteiger partial charge in [0.1, 0.15) is 5.82 Å². The first-order valence-electron chi connectivity index (χ1n) is 6.45. The molecule has 0 radical (unpaired) electrons. The van der Waals surface area contributed by atoms with Crippen LogP contribution >= 0.6 is 0 Å². The Morgan fingerprint density at radius 3 is 2.61 bits per heavy atom. The highest BCUT2D eigenvalue weighted by Gasteiger charge is 2.30. The number of likely N-dealkylation sites (N-methyl/N-ethyl adjacent to an activating group) is 1. The van der Waals surface area contributed by atoms with Crippen molar-refractivity contribution in [3.63, 3.8) is 0 Å². The van der Waals surface area contributed by atoms with Gasteiger partial charge in [0.15, 0.2) is 0 Å². The summed E-state index contributed by atoms with van der Waals surface area (Å²) in [6.45, 7) is 3.73. The molecule has 1 N–H and O–H groups in total. The topological polar surface area (TPSA) is 32.3 Å². The molecule has 0 heterocycles. The average Bonchev–Trinajstić information content (AvgIpc) is 3.17. The molecule has 1 aliphatic rings. The number of hydrogen-bond acceptors (Lipinski definition) is 2. The van der Waals surface area contributed by atoms with E-state index in [1.165, 1.54) is 12.1 Å². The van der Waals surface area contributed by atoms with E-state index in [-0.39, 0.29) is 11.7 Å². The standard InChI is InChI=1S/C14H19FN2O/c1-2-17(13-7-8-13)14(18)10-16-9-11-3-5-12(15)6-4-11/h3-6,13,16H,2,7-10H2,1H3. The Morgan fingerprint density at radius 1 is 1.39 bits per heavy atom. The van der Waals surface area contributed by atoms with Crippen LogP contribution in [0.3, 0.4) is 0 Å². The maximum absolute atomic E-state index is 12.7. The van der Waals surface area contributed by atoms with Gasteiger partial charge in [-0.25, -0.2) is 4.39 Å². The Morgan fingerprint density at radius 2 is 2.06 bits per heavy atom. The summed E-state index contributed by atoms with van der Waals surface area (Å²) >= 11 is 0. The van der Waals surface area contributed by atoms with Crippen molar-refractivity contribution in [2.24, 2.45) is 0 Å². The Labute approximate surface area is 107 Å². The summed E-state index contributed by atoms with van der Waals surface area (Å²) in [7, 11) is 0. The van der Waals surface area contributed by atoms with Gasteiger partial charge < -0.3 is 10.2 Å². The van der Waals surface area contributed by atoms with Gasteiger partial charge in [0.2, 0.25) is 5.91 Å². The fraction of sp³-hybridized carbons (Fsp3) is 0.500. The van der Waals surface area contributed by atoms with Gasteiger partial charge in [-0.2, -0.15) is 0 Å². The van der Waals surface area contributed by atoms with Crippen LogP contribution in [0.1, 0.15) is 25.3 Å². The molecule has 0 saturated heterocycles. The molecule has 2 rings (SSSR count). The van der Waals surface area contributed by atoms with Crippen molar-refractivity contribution in [1.82, 2.24) is 10.2 Å². The quantitative estimate of drug-likeness (QED) is 0.836. The van der Waals surface area contributed by atoms with E-state index in [2.05, 4.69) is 5.32 Å². The summed E-state index contributed by atoms with van der Waals surface area (Å²) in [5.74, 6) is -0.0807. The van der Waals surface area contributed by atoms with Gasteiger partial charge in [0, 0.05) is 19.1 Å². The molecule has 18 heavy (non-hydrogen) atoms. The molecule has 0 aliphatic heterocycles. The molecule has 1 amide bonds. The van der Waals surface area contributed by atoms with E-state index in [0.717, 1.165) is 24.9 Å². The van der Waals surface area contributed by atoms with Crippen LogP contribution < -0.4 is 5.32 Å². The third kappa shape index (κ3) is 3.53. The number of carbonyl (C=O) groups excluding carboxylic acids is 1. The zero-order valence-corrected chi connectivity index (χ0v) is 10.7. The maximum Gasteiger partial charge on any atom is 0.236 e. The monoisotopic (exact) mass is 250 g/mol. The number of amides is 1. The van der Waals surface area contributed by atoms with Crippen molar-refractivity contribution in [3.8, 4) is 0 Å². The number of benzene rings is 1. The second-order valence-corrected chi connectivity index (χ2v) is 4.64. The second kappa shape index (κ2) is 5.96. The Bertz CT molecular complexity index is 401. The minimum absolute atomic E-state index is 0.155. The lowest BCUT2D eigenvalue weighted by Gasteiger charge is -2.20. The first kappa shape index (κ1) is 13.0. The van der Waals surface area contributed by atoms with Crippen molar-refractivity contribution >= 4 is 5.91 Å². The smallest absolute Gasteiger partial charge is 0.236 e. The molecule has 0 unspecified atom stereocenters. The second-order valence-electron chi connectivity index (χ2n) is 4.64. The summed E-state index contributed by atoms with van der Waals surface area (Å²) in [5, 5.41) is 3.10. The zero-order valence-electron chi connectivity index (χ0n) is 10.7. The predicted molar refractivity (Wildman–Crippen MR) is 68.5 cm³/mol. The summed E-state index contributed by atoms with van der Waals surface area (Å²) in [5.41, 5.74) is 0.985. The number of nitrogens with one attached hydrogen (secondary N) is 1. The third-order valence-corrected chi connectivity index (χ3v) is 3.17. The minimum atomic E-state index is -0.235. The van der Waals surface area contributed by atoms with Crippen LogP contribution in [0.4, 0.5) is 4.39 Å². The molecule has 98 valence electrons. The van der Waals surface area contributed by atoms with E-state index in [1.54, 1.807) is 12.1 Å². The van der Waals surface area contributed by atoms with Crippen LogP contribution in [0.5, 0.6) is 0 Å². The highest BCUT2D eigenvalue weighted by atomic mass is 19.1. The van der Waals surface area contributed by atoms with E-state index in [0.29, 0.717) is 19.1 Å². The van der Waals surface area contributed by atoms with Crippen LogP contribution in [-0.2, 0) is 11.3 Å². The van der Waals surface area contributed by atoms with Crippen molar-refractivity contribution in [2.45, 2.75) is 32.4 Å². The summed E-state index contributed by atoms with van der Waals surface area (Å²) < 4.78 is 12.7. The molecular weight excluding hydrogens is 231 g/mol. The van der Waals surface area contributed by atoms with Gasteiger partial charge in [-0.05, 0) is 37.5 Å². The Kier molecular flexibility index (Phi) is 4.31. The fourth-order valence-corrected chi connectivity index (χ4v) is 2.04. The molecule has 0 atom stereocenters. The molecule has 1 aromatic carbocycles. The van der Waals surface area contributed by atoms with Gasteiger partial charge >= 0.3 is 0 Å². The number of halogens is 1. The molecule has 0 aromatic heterocycles. The van der Waals surface area contributed by atoms with E-state index >= 15 is 0 Å². The minimum Gasteiger partial charge on any atom is -0.339 e. The van der Waals surface area contributed by atoms with Gasteiger partial charge in [-0.15, -0.1) is 0 Å². The van der Waals surface area contributed by atoms with Crippen LogP contribution in [0.15, 0.2) is 24.3 Å². The molecule has 3 nitrogen and oxygen atoms in total. The van der Waals surface area contributed by atoms with Crippen LogP contribution in [-0.4, -0.2) is 29.9 Å². The lowest BCUT2D eigenvalue weighted by atomic mass is 10.2. The lowest BCUT2D eigenvalue weighted by Crippen LogP contribution is -2.39. The largest absolute Gasteiger partial charge is 0.339 e. The molecule has 0 spiro atoms. The lowest BCUT2D eigenvalue weighted by molar-refractivity contribution is -0.130. The predicted octanol–water partition coefficient (Wildman–Crippen LogP) is 1.93. The molecule has 0 bridgehead atoms. The van der Waals surface area contributed by atoms with Crippen LogP contribution in [0.25, 0.3) is 0 Å². The molecule has 1 fully saturated rings. The average molecular weight is 250 g/mol. The molecule has 1 aromatic rings. The summed E-state index contributed by atoms with van der Waals surface area (Å²) in [4.78, 5) is 13.8. The van der Waals surface area contributed by atoms with Gasteiger partial charge in [0.25, 0.3) is 0 Å². The summed E-state index contributed by atoms with van der Waals surface area (Å²) in [6.07, 6.45) is 2.27. The van der Waals surface area contributed by atoms with E-state index in [1.807, 2.05) is 11.8 Å². The molecular formula is C14H19FN2O. The van der Waals surface area contributed by atoms with Crippen molar-refractivity contribution in [3.05, 3.63) is 35.6 Å². The van der Waals surface area contributed by atoms with Crippen LogP contribution in [0.2, 0.25) is 0 Å². The van der Waals surface area contributed by atoms with Gasteiger partial charge in [-0.3, -0.25) is 4.79 Å². The zero-order chi connectivity index (χ0) is 13.0. The van der Waals surface area contributed by atoms with E-state index < -0.39 is 0 Å². The normalized spacial score (nSPS) is 14.6. The highest BCUT2D eigenvalue weighted by molar-refractivity contribution is 5.78. The van der Waals surface area contributed by atoms with E-state index in [9.17, 15) is 9.18 Å². The SMILES string of the molecule is CCN(C(=O)CNCc1ccc(F)cc1)C1CC1. The Balaban J connectivity index is 1.74. The molecule has 1 aliphatic carbocycles. The first-order valence-corrected chi connectivity index (χ1v) is 6.45. The van der Waals surface area contributed by atoms with E-state index in [4.69, 9.17) is 0 Å². The third-order valence-electron chi connectivity index (χ3n) is 3.17. The molecule has 1 saturated carbocycles. The number of hydrogen-bond donors (Lipinski definition) is 1. The van der Waals surface area contributed by atoms with Crippen molar-refractivity contribution in [1.29, 1.82) is 0 Å². The van der Waals surface area contributed by atoms with Crippen molar-refractivity contribution in [2.75, 3.05) is 13.1 Å². The Hall–Kier alpha value is -1.42. The molecule has 4 heteroatoms. The summed E-state index contributed by atoms with van der Waals surface area (Å²) in [6, 6.07) is 6.79. The first-order chi connectivity index (χ1) is 8.70. The number of nitrogens with zero attached hydrogens (tertiary/aromatic N) is 1. The fourth-order valence-electron chi connectivity index (χ4n) is 2.04. The number of rotatable bonds is 6. The van der Waals surface area contributed by atoms with Gasteiger partial charge in [-0.1, -0.05) is 12.1 Å². The van der Waals surface area contributed by atoms with Crippen molar-refractivity contribution < 1.29 is 9.18 Å². The van der Waals surface area contributed by atoms with Gasteiger partial charge in [0.05, 0.1) is 6.54 Å². The highest BCUT2D eigenvalue weighted by Crippen LogP contribution is 2.26. The van der Waals surface area contributed by atoms with Crippen LogP contribution in [0, 0.1) is 5.82 Å².